The van der Waals surface area contributed by atoms with E-state index in [1.54, 1.807) is 24.3 Å². The number of carbonyl (C=O) groups is 2. The van der Waals surface area contributed by atoms with Gasteiger partial charge in [-0.15, -0.1) is 0 Å². The van der Waals surface area contributed by atoms with Gasteiger partial charge in [-0.25, -0.2) is 0 Å². The largest absolute Gasteiger partial charge is 0.496 e. The molecule has 2 aromatic carbocycles. The lowest BCUT2D eigenvalue weighted by Gasteiger charge is -2.50. The first-order valence-corrected chi connectivity index (χ1v) is 21.1. The molecule has 0 N–H and O–H groups in total. The van der Waals surface area contributed by atoms with Crippen LogP contribution < -0.4 is 9.47 Å². The Bertz CT molecular complexity index is 1400. The predicted molar refractivity (Wildman–Crippen MR) is 175 cm³/mol. The molecule has 2 aromatic rings. The van der Waals surface area contributed by atoms with Gasteiger partial charge in [0.2, 0.25) is 0 Å². The highest BCUT2D eigenvalue weighted by atomic mass is 28.4. The van der Waals surface area contributed by atoms with Crippen LogP contribution in [0, 0.1) is 0 Å². The number of ether oxygens (including phenoxy) is 3. The van der Waals surface area contributed by atoms with E-state index in [2.05, 4.69) is 67.7 Å². The van der Waals surface area contributed by atoms with Crippen molar-refractivity contribution in [1.82, 2.24) is 0 Å². The summed E-state index contributed by atoms with van der Waals surface area (Å²) < 4.78 is 32.2. The van der Waals surface area contributed by atoms with E-state index in [4.69, 9.17) is 23.1 Å². The first-order valence-electron chi connectivity index (χ1n) is 15.2. The van der Waals surface area contributed by atoms with Gasteiger partial charge in [0.25, 0.3) is 0 Å². The molecule has 1 heterocycles. The van der Waals surface area contributed by atoms with Gasteiger partial charge in [0.1, 0.15) is 11.5 Å². The minimum absolute atomic E-state index is 0.0102. The van der Waals surface area contributed by atoms with Gasteiger partial charge in [-0.05, 0) is 55.3 Å². The van der Waals surface area contributed by atoms with Gasteiger partial charge >= 0.3 is 0 Å². The van der Waals surface area contributed by atoms with Crippen LogP contribution in [0.3, 0.4) is 0 Å². The predicted octanol–water partition coefficient (Wildman–Crippen LogP) is 8.11. The third-order valence-electron chi connectivity index (χ3n) is 10.1. The van der Waals surface area contributed by atoms with Gasteiger partial charge < -0.3 is 23.1 Å². The van der Waals surface area contributed by atoms with E-state index < -0.39 is 22.7 Å². The Morgan fingerprint density at radius 2 is 1.33 bits per heavy atom. The summed E-state index contributed by atoms with van der Waals surface area (Å²) in [6.07, 6.45) is -0.605. The van der Waals surface area contributed by atoms with Crippen molar-refractivity contribution in [3.8, 4) is 11.5 Å². The Hall–Kier alpha value is -2.31. The summed E-state index contributed by atoms with van der Waals surface area (Å²) in [5, 5.41) is 0.0367. The zero-order valence-electron chi connectivity index (χ0n) is 28.3. The van der Waals surface area contributed by atoms with Crippen molar-refractivity contribution in [2.24, 2.45) is 0 Å². The fourth-order valence-electron chi connectivity index (χ4n) is 5.48. The molecule has 0 saturated carbocycles. The van der Waals surface area contributed by atoms with E-state index in [9.17, 15) is 9.59 Å². The normalized spacial score (nSPS) is 23.1. The van der Waals surface area contributed by atoms with E-state index >= 15 is 0 Å². The maximum absolute atomic E-state index is 13.9. The van der Waals surface area contributed by atoms with Crippen LogP contribution in [0.15, 0.2) is 30.3 Å². The fraction of sp³-hybridized carbons (Fsp3) is 0.588. The zero-order valence-corrected chi connectivity index (χ0v) is 30.3. The quantitative estimate of drug-likeness (QED) is 0.245. The van der Waals surface area contributed by atoms with Crippen molar-refractivity contribution in [3.63, 3.8) is 0 Å². The standard InChI is InChI=1S/C34H50O7Si2/c1-20-31(41-43(12,13)34(5,6)7)26(40-42(10,11)33(2,3)4)19-25(39-20)21-17-18-23-28(32(21)38-9)30(36)22-15-14-16-24(37-8)27(22)29(23)35/h14-18,20,25-26,31H,19H2,1-13H3/t20-,25-,26-,31-/m1/s1. The number of hydrogen-bond donors (Lipinski definition) is 0. The highest BCUT2D eigenvalue weighted by molar-refractivity contribution is 6.74. The second-order valence-electron chi connectivity index (χ2n) is 15.0. The molecule has 236 valence electrons. The van der Waals surface area contributed by atoms with Gasteiger partial charge in [0, 0.05) is 23.1 Å². The van der Waals surface area contributed by atoms with Crippen LogP contribution in [-0.4, -0.2) is 60.7 Å². The van der Waals surface area contributed by atoms with Crippen LogP contribution in [-0.2, 0) is 13.6 Å². The molecule has 1 aliphatic carbocycles. The van der Waals surface area contributed by atoms with Crippen LogP contribution in [0.1, 0.15) is 98.4 Å². The molecule has 9 heteroatoms. The Balaban J connectivity index is 1.78. The molecule has 4 atom stereocenters. The number of hydrogen-bond acceptors (Lipinski definition) is 7. The van der Waals surface area contributed by atoms with Crippen molar-refractivity contribution in [2.75, 3.05) is 14.2 Å². The SMILES string of the molecule is COc1cccc2c1C(=O)c1ccc([C@H]3C[C@@H](O[Si](C)(C)C(C)(C)C)[C@H](O[Si](C)(C)C(C)(C)C)[C@@H](C)O3)c(OC)c1C2=O. The minimum atomic E-state index is -2.19. The maximum Gasteiger partial charge on any atom is 0.198 e. The maximum atomic E-state index is 13.9. The van der Waals surface area contributed by atoms with Crippen LogP contribution in [0.4, 0.5) is 0 Å². The summed E-state index contributed by atoms with van der Waals surface area (Å²) in [6, 6.07) is 8.67. The summed E-state index contributed by atoms with van der Waals surface area (Å²) in [4.78, 5) is 27.6. The van der Waals surface area contributed by atoms with Gasteiger partial charge in [-0.2, -0.15) is 0 Å². The lowest BCUT2D eigenvalue weighted by atomic mass is 9.81. The second kappa shape index (κ2) is 11.6. The van der Waals surface area contributed by atoms with Crippen molar-refractivity contribution in [2.45, 2.75) is 116 Å². The van der Waals surface area contributed by atoms with E-state index in [-0.39, 0.29) is 51.1 Å². The molecular weight excluding hydrogens is 577 g/mol. The molecule has 43 heavy (non-hydrogen) atoms. The summed E-state index contributed by atoms with van der Waals surface area (Å²) in [5.41, 5.74) is 1.90. The number of rotatable bonds is 7. The molecule has 2 aliphatic rings. The Labute approximate surface area is 259 Å². The molecule has 0 bridgehead atoms. The van der Waals surface area contributed by atoms with E-state index in [0.717, 1.165) is 5.56 Å². The average molecular weight is 627 g/mol. The van der Waals surface area contributed by atoms with E-state index in [1.165, 1.54) is 14.2 Å². The second-order valence-corrected chi connectivity index (χ2v) is 24.5. The van der Waals surface area contributed by atoms with Crippen molar-refractivity contribution < 1.29 is 32.7 Å². The van der Waals surface area contributed by atoms with Gasteiger partial charge in [0.05, 0.1) is 49.8 Å². The van der Waals surface area contributed by atoms with Crippen LogP contribution >= 0.6 is 0 Å². The molecule has 7 nitrogen and oxygen atoms in total. The number of fused-ring (bicyclic) bond motifs is 2. The number of methoxy groups -OCH3 is 2. The first kappa shape index (κ1) is 33.6. The molecule has 1 aliphatic heterocycles. The molecule has 1 saturated heterocycles. The number of ketones is 2. The summed E-state index contributed by atoms with van der Waals surface area (Å²) in [5.74, 6) is 0.231. The topological polar surface area (TPSA) is 80.3 Å². The van der Waals surface area contributed by atoms with Crippen LogP contribution in [0.25, 0.3) is 0 Å². The summed E-state index contributed by atoms with van der Waals surface area (Å²) >= 11 is 0. The number of benzene rings is 2. The average Bonchev–Trinajstić information content (AvgIpc) is 2.90. The third kappa shape index (κ3) is 6.03. The lowest BCUT2D eigenvalue weighted by Crippen LogP contribution is -2.57. The van der Waals surface area contributed by atoms with Crippen LogP contribution in [0.2, 0.25) is 36.3 Å². The smallest absolute Gasteiger partial charge is 0.198 e. The molecule has 1 fully saturated rings. The lowest BCUT2D eigenvalue weighted by molar-refractivity contribution is -0.154. The van der Waals surface area contributed by atoms with Crippen LogP contribution in [0.5, 0.6) is 11.5 Å². The molecule has 0 radical (unpaired) electrons. The van der Waals surface area contributed by atoms with Crippen molar-refractivity contribution in [1.29, 1.82) is 0 Å². The Kier molecular flexibility index (Phi) is 9.03. The summed E-state index contributed by atoms with van der Waals surface area (Å²) in [6.45, 7) is 24.5. The minimum Gasteiger partial charge on any atom is -0.496 e. The highest BCUT2D eigenvalue weighted by Gasteiger charge is 2.50. The molecule has 0 spiro atoms. The molecule has 0 aromatic heterocycles. The molecule has 0 amide bonds. The van der Waals surface area contributed by atoms with Gasteiger partial charge in [0.15, 0.2) is 28.2 Å². The fourth-order valence-corrected chi connectivity index (χ4v) is 8.20. The molecule has 0 unspecified atom stereocenters. The van der Waals surface area contributed by atoms with Gasteiger partial charge in [-0.1, -0.05) is 59.7 Å². The van der Waals surface area contributed by atoms with Crippen molar-refractivity contribution >= 4 is 28.2 Å². The van der Waals surface area contributed by atoms with Gasteiger partial charge in [-0.3, -0.25) is 9.59 Å². The van der Waals surface area contributed by atoms with Crippen molar-refractivity contribution in [3.05, 3.63) is 58.1 Å². The first-order chi connectivity index (χ1) is 19.8. The monoisotopic (exact) mass is 626 g/mol. The Morgan fingerprint density at radius 3 is 1.88 bits per heavy atom. The molecular formula is C34H50O7Si2. The van der Waals surface area contributed by atoms with E-state index in [0.29, 0.717) is 29.0 Å². The highest BCUT2D eigenvalue weighted by Crippen LogP contribution is 2.47. The van der Waals surface area contributed by atoms with E-state index in [1.807, 2.05) is 13.0 Å². The zero-order chi connectivity index (χ0) is 32.3. The summed E-state index contributed by atoms with van der Waals surface area (Å²) in [7, 11) is -1.31. The Morgan fingerprint density at radius 1 is 0.767 bits per heavy atom. The molecule has 4 rings (SSSR count). The third-order valence-corrected chi connectivity index (χ3v) is 19.1. The number of carbonyl (C=O) groups excluding carboxylic acids is 2.